The maximum atomic E-state index is 10.0. The average molecular weight is 325 g/mol. The Labute approximate surface area is 135 Å². The van der Waals surface area contributed by atoms with E-state index >= 15 is 0 Å². The van der Waals surface area contributed by atoms with Gasteiger partial charge in [-0.05, 0) is 37.9 Å². The zero-order valence-electron chi connectivity index (χ0n) is 13.4. The van der Waals surface area contributed by atoms with Gasteiger partial charge >= 0.3 is 11.9 Å². The van der Waals surface area contributed by atoms with Gasteiger partial charge < -0.3 is 20.1 Å². The summed E-state index contributed by atoms with van der Waals surface area (Å²) >= 11 is 0. The van der Waals surface area contributed by atoms with Crippen LogP contribution in [-0.4, -0.2) is 52.4 Å². The Hall–Kier alpha value is -2.28. The largest absolute Gasteiger partial charge is 0.504 e. The van der Waals surface area contributed by atoms with Crippen LogP contribution in [0.2, 0.25) is 0 Å². The minimum Gasteiger partial charge on any atom is -0.504 e. The summed E-state index contributed by atoms with van der Waals surface area (Å²) in [6.45, 7) is 5.37. The number of likely N-dealkylation sites (tertiary alicyclic amines) is 1. The molecule has 1 heterocycles. The molecule has 3 N–H and O–H groups in total. The molecule has 0 aliphatic carbocycles. The van der Waals surface area contributed by atoms with Crippen molar-refractivity contribution in [2.24, 2.45) is 5.92 Å². The molecule has 1 aromatic rings. The van der Waals surface area contributed by atoms with Crippen molar-refractivity contribution >= 4 is 11.9 Å². The van der Waals surface area contributed by atoms with Crippen molar-refractivity contribution in [3.8, 4) is 11.5 Å². The molecule has 0 spiro atoms. The summed E-state index contributed by atoms with van der Waals surface area (Å²) in [5.41, 5.74) is 0.957. The van der Waals surface area contributed by atoms with Crippen molar-refractivity contribution in [3.63, 3.8) is 0 Å². The van der Waals surface area contributed by atoms with Gasteiger partial charge in [-0.3, -0.25) is 4.90 Å². The van der Waals surface area contributed by atoms with Gasteiger partial charge in [0, 0.05) is 12.1 Å². The van der Waals surface area contributed by atoms with Gasteiger partial charge in [-0.2, -0.15) is 0 Å². The minimum atomic E-state index is -1.82. The van der Waals surface area contributed by atoms with Gasteiger partial charge in [-0.25, -0.2) is 9.59 Å². The van der Waals surface area contributed by atoms with Gasteiger partial charge in [-0.1, -0.05) is 19.1 Å². The molecule has 1 aromatic carbocycles. The van der Waals surface area contributed by atoms with Crippen LogP contribution in [0.3, 0.4) is 0 Å². The molecule has 1 fully saturated rings. The molecule has 0 radical (unpaired) electrons. The van der Waals surface area contributed by atoms with Crippen LogP contribution in [0.15, 0.2) is 18.2 Å². The van der Waals surface area contributed by atoms with E-state index in [0.717, 1.165) is 31.1 Å². The Morgan fingerprint density at radius 3 is 2.26 bits per heavy atom. The molecular formula is C16H23NO6. The van der Waals surface area contributed by atoms with Crippen LogP contribution < -0.4 is 4.74 Å². The SMILES string of the molecule is COc1cccc(CN2CCC(C)CC2)c1O.O=C(O)C(=O)O. The maximum absolute atomic E-state index is 10.0. The molecule has 0 aromatic heterocycles. The number of aliphatic carboxylic acids is 2. The van der Waals surface area contributed by atoms with E-state index in [2.05, 4.69) is 11.8 Å². The number of para-hydroxylation sites is 1. The number of benzene rings is 1. The first-order chi connectivity index (χ1) is 10.8. The summed E-state index contributed by atoms with van der Waals surface area (Å²) in [6.07, 6.45) is 2.51. The first-order valence-corrected chi connectivity index (χ1v) is 7.38. The Kier molecular flexibility index (Phi) is 7.34. The quantitative estimate of drug-likeness (QED) is 0.727. The summed E-state index contributed by atoms with van der Waals surface area (Å²) < 4.78 is 5.12. The monoisotopic (exact) mass is 325 g/mol. The Bertz CT molecular complexity index is 525. The van der Waals surface area contributed by atoms with Crippen LogP contribution in [0.4, 0.5) is 0 Å². The van der Waals surface area contributed by atoms with Gasteiger partial charge in [0.25, 0.3) is 0 Å². The molecule has 7 nitrogen and oxygen atoms in total. The molecular weight excluding hydrogens is 302 g/mol. The lowest BCUT2D eigenvalue weighted by Crippen LogP contribution is -2.32. The number of hydrogen-bond acceptors (Lipinski definition) is 5. The van der Waals surface area contributed by atoms with Crippen LogP contribution in [0.25, 0.3) is 0 Å². The van der Waals surface area contributed by atoms with Crippen molar-refractivity contribution in [2.75, 3.05) is 20.2 Å². The van der Waals surface area contributed by atoms with E-state index in [1.165, 1.54) is 12.8 Å². The molecule has 128 valence electrons. The van der Waals surface area contributed by atoms with Crippen LogP contribution in [-0.2, 0) is 16.1 Å². The van der Waals surface area contributed by atoms with Crippen LogP contribution >= 0.6 is 0 Å². The summed E-state index contributed by atoms with van der Waals surface area (Å²) in [5, 5.41) is 24.8. The number of hydrogen-bond donors (Lipinski definition) is 3. The van der Waals surface area contributed by atoms with E-state index in [0.29, 0.717) is 5.75 Å². The number of phenolic OH excluding ortho intramolecular Hbond substituents is 1. The number of carbonyl (C=O) groups is 2. The number of carboxylic acids is 2. The summed E-state index contributed by atoms with van der Waals surface area (Å²) in [6, 6.07) is 5.69. The second-order valence-corrected chi connectivity index (χ2v) is 5.54. The lowest BCUT2D eigenvalue weighted by Gasteiger charge is -2.30. The van der Waals surface area contributed by atoms with E-state index in [1.807, 2.05) is 12.1 Å². The van der Waals surface area contributed by atoms with E-state index in [4.69, 9.17) is 24.5 Å². The third-order valence-corrected chi connectivity index (χ3v) is 3.76. The molecule has 7 heteroatoms. The zero-order valence-corrected chi connectivity index (χ0v) is 13.4. The van der Waals surface area contributed by atoms with E-state index in [9.17, 15) is 5.11 Å². The van der Waals surface area contributed by atoms with Crippen molar-refractivity contribution in [3.05, 3.63) is 23.8 Å². The van der Waals surface area contributed by atoms with Crippen LogP contribution in [0.1, 0.15) is 25.3 Å². The fourth-order valence-electron chi connectivity index (χ4n) is 2.32. The van der Waals surface area contributed by atoms with Crippen molar-refractivity contribution in [1.82, 2.24) is 4.90 Å². The molecule has 0 unspecified atom stereocenters. The first kappa shape index (κ1) is 18.8. The first-order valence-electron chi connectivity index (χ1n) is 7.38. The van der Waals surface area contributed by atoms with Gasteiger partial charge in [-0.15, -0.1) is 0 Å². The molecule has 0 saturated carbocycles. The second kappa shape index (κ2) is 8.99. The minimum absolute atomic E-state index is 0.286. The third kappa shape index (κ3) is 6.15. The summed E-state index contributed by atoms with van der Waals surface area (Å²) in [5.74, 6) is -1.96. The lowest BCUT2D eigenvalue weighted by molar-refractivity contribution is -0.159. The second-order valence-electron chi connectivity index (χ2n) is 5.54. The number of rotatable bonds is 3. The van der Waals surface area contributed by atoms with E-state index in [-0.39, 0.29) is 5.75 Å². The van der Waals surface area contributed by atoms with Crippen molar-refractivity contribution < 1.29 is 29.6 Å². The summed E-state index contributed by atoms with van der Waals surface area (Å²) in [4.78, 5) is 20.6. The Balaban J connectivity index is 0.000000379. The predicted molar refractivity (Wildman–Crippen MR) is 83.6 cm³/mol. The average Bonchev–Trinajstić information content (AvgIpc) is 2.52. The maximum Gasteiger partial charge on any atom is 0.414 e. The van der Waals surface area contributed by atoms with Gasteiger partial charge in [0.05, 0.1) is 7.11 Å². The Morgan fingerprint density at radius 2 is 1.78 bits per heavy atom. The smallest absolute Gasteiger partial charge is 0.414 e. The number of methoxy groups -OCH3 is 1. The number of carboxylic acid groups (broad SMARTS) is 2. The molecule has 0 atom stereocenters. The lowest BCUT2D eigenvalue weighted by atomic mass is 9.99. The third-order valence-electron chi connectivity index (χ3n) is 3.76. The highest BCUT2D eigenvalue weighted by Crippen LogP contribution is 2.31. The highest BCUT2D eigenvalue weighted by atomic mass is 16.5. The molecule has 1 saturated heterocycles. The summed E-state index contributed by atoms with van der Waals surface area (Å²) in [7, 11) is 1.58. The molecule has 23 heavy (non-hydrogen) atoms. The van der Waals surface area contributed by atoms with Gasteiger partial charge in [0.1, 0.15) is 0 Å². The highest BCUT2D eigenvalue weighted by Gasteiger charge is 2.17. The highest BCUT2D eigenvalue weighted by molar-refractivity contribution is 6.27. The van der Waals surface area contributed by atoms with Gasteiger partial charge in [0.2, 0.25) is 0 Å². The number of piperidine rings is 1. The number of ether oxygens (including phenoxy) is 1. The molecule has 1 aliphatic rings. The Morgan fingerprint density at radius 1 is 1.22 bits per heavy atom. The van der Waals surface area contributed by atoms with Crippen LogP contribution in [0, 0.1) is 5.92 Å². The fourth-order valence-corrected chi connectivity index (χ4v) is 2.32. The standard InChI is InChI=1S/C14H21NO2.C2H2O4/c1-11-6-8-15(9-7-11)10-12-4-3-5-13(17-2)14(12)16;3-1(4)2(5)6/h3-5,11,16H,6-10H2,1-2H3;(H,3,4)(H,5,6). The normalized spacial score (nSPS) is 15.4. The molecule has 0 amide bonds. The predicted octanol–water partition coefficient (Wildman–Crippen LogP) is 1.79. The van der Waals surface area contributed by atoms with E-state index in [1.54, 1.807) is 13.2 Å². The number of aromatic hydroxyl groups is 1. The number of nitrogens with zero attached hydrogens (tertiary/aromatic N) is 1. The molecule has 1 aliphatic heterocycles. The van der Waals surface area contributed by atoms with Crippen molar-refractivity contribution in [1.29, 1.82) is 0 Å². The molecule has 0 bridgehead atoms. The van der Waals surface area contributed by atoms with Crippen molar-refractivity contribution in [2.45, 2.75) is 26.3 Å². The van der Waals surface area contributed by atoms with Crippen LogP contribution in [0.5, 0.6) is 11.5 Å². The van der Waals surface area contributed by atoms with Gasteiger partial charge in [0.15, 0.2) is 11.5 Å². The molecule has 2 rings (SSSR count). The fraction of sp³-hybridized carbons (Fsp3) is 0.500. The van der Waals surface area contributed by atoms with E-state index < -0.39 is 11.9 Å². The zero-order chi connectivity index (χ0) is 17.4. The topological polar surface area (TPSA) is 107 Å². The number of phenols is 1.